The summed E-state index contributed by atoms with van der Waals surface area (Å²) in [6.07, 6.45) is 0. The third kappa shape index (κ3) is 5.88. The van der Waals surface area contributed by atoms with Crippen LogP contribution in [-0.4, -0.2) is 56.2 Å². The predicted octanol–water partition coefficient (Wildman–Crippen LogP) is 3.82. The standard InChI is InChI=1S/C23H31N3O6/c1-6-25(7-2)20(16-10-9-11-17(12-16)30-4)15-24-23(27)18-13-22(32-8-3)21(31-5)14-19(18)26(28)29/h9-14,20H,6-8,15H2,1-5H3,(H,24,27). The first-order valence-electron chi connectivity index (χ1n) is 10.5. The van der Waals surface area contributed by atoms with Crippen LogP contribution in [0.25, 0.3) is 0 Å². The number of likely N-dealkylation sites (N-methyl/N-ethyl adjacent to an activating group) is 1. The summed E-state index contributed by atoms with van der Waals surface area (Å²) in [5.41, 5.74) is 0.555. The summed E-state index contributed by atoms with van der Waals surface area (Å²) in [6.45, 7) is 8.00. The number of amides is 1. The molecule has 1 N–H and O–H groups in total. The highest BCUT2D eigenvalue weighted by atomic mass is 16.6. The van der Waals surface area contributed by atoms with Gasteiger partial charge in [-0.2, -0.15) is 0 Å². The zero-order chi connectivity index (χ0) is 23.7. The second kappa shape index (κ2) is 11.9. The minimum absolute atomic E-state index is 0.0804. The van der Waals surface area contributed by atoms with Gasteiger partial charge in [0.15, 0.2) is 11.5 Å². The van der Waals surface area contributed by atoms with Crippen LogP contribution in [0.4, 0.5) is 5.69 Å². The zero-order valence-corrected chi connectivity index (χ0v) is 19.2. The van der Waals surface area contributed by atoms with Gasteiger partial charge in [0.25, 0.3) is 11.6 Å². The Balaban J connectivity index is 2.36. The summed E-state index contributed by atoms with van der Waals surface area (Å²) in [7, 11) is 3.00. The number of carbonyl (C=O) groups is 1. The summed E-state index contributed by atoms with van der Waals surface area (Å²) in [6, 6.07) is 10.1. The highest BCUT2D eigenvalue weighted by Gasteiger charge is 2.26. The molecule has 0 bridgehead atoms. The lowest BCUT2D eigenvalue weighted by Gasteiger charge is -2.30. The zero-order valence-electron chi connectivity index (χ0n) is 19.2. The van der Waals surface area contributed by atoms with Gasteiger partial charge < -0.3 is 19.5 Å². The number of nitro benzene ring substituents is 1. The monoisotopic (exact) mass is 445 g/mol. The summed E-state index contributed by atoms with van der Waals surface area (Å²) < 4.78 is 16.0. The van der Waals surface area contributed by atoms with Crippen LogP contribution in [0, 0.1) is 10.1 Å². The van der Waals surface area contributed by atoms with Gasteiger partial charge in [0.2, 0.25) is 0 Å². The van der Waals surface area contributed by atoms with Gasteiger partial charge in [-0.1, -0.05) is 26.0 Å². The molecule has 0 aliphatic carbocycles. The molecule has 9 nitrogen and oxygen atoms in total. The number of hydrogen-bond acceptors (Lipinski definition) is 7. The molecule has 0 spiro atoms. The highest BCUT2D eigenvalue weighted by molar-refractivity contribution is 5.99. The van der Waals surface area contributed by atoms with Crippen molar-refractivity contribution in [1.29, 1.82) is 0 Å². The molecule has 2 aromatic rings. The third-order valence-electron chi connectivity index (χ3n) is 5.21. The molecule has 0 heterocycles. The van der Waals surface area contributed by atoms with Crippen LogP contribution < -0.4 is 19.5 Å². The fourth-order valence-corrected chi connectivity index (χ4v) is 3.57. The number of hydrogen-bond donors (Lipinski definition) is 1. The Morgan fingerprint density at radius 1 is 1.09 bits per heavy atom. The van der Waals surface area contributed by atoms with E-state index in [9.17, 15) is 14.9 Å². The molecular formula is C23H31N3O6. The van der Waals surface area contributed by atoms with Gasteiger partial charge in [0.05, 0.1) is 37.9 Å². The van der Waals surface area contributed by atoms with Gasteiger partial charge >= 0.3 is 0 Å². The van der Waals surface area contributed by atoms with E-state index >= 15 is 0 Å². The summed E-state index contributed by atoms with van der Waals surface area (Å²) >= 11 is 0. The average Bonchev–Trinajstić information content (AvgIpc) is 2.81. The quantitative estimate of drug-likeness (QED) is 0.391. The van der Waals surface area contributed by atoms with Crippen molar-refractivity contribution in [3.63, 3.8) is 0 Å². The number of benzene rings is 2. The van der Waals surface area contributed by atoms with Gasteiger partial charge in [-0.05, 0) is 37.7 Å². The number of rotatable bonds is 12. The fourth-order valence-electron chi connectivity index (χ4n) is 3.57. The van der Waals surface area contributed by atoms with Crippen molar-refractivity contribution in [2.75, 3.05) is 40.5 Å². The van der Waals surface area contributed by atoms with Gasteiger partial charge in [-0.25, -0.2) is 0 Å². The third-order valence-corrected chi connectivity index (χ3v) is 5.21. The first-order valence-corrected chi connectivity index (χ1v) is 10.5. The molecule has 174 valence electrons. The van der Waals surface area contributed by atoms with E-state index in [0.717, 1.165) is 24.4 Å². The molecule has 32 heavy (non-hydrogen) atoms. The Labute approximate surface area is 188 Å². The molecule has 0 aliphatic heterocycles. The van der Waals surface area contributed by atoms with Crippen molar-refractivity contribution in [2.24, 2.45) is 0 Å². The molecule has 0 aliphatic rings. The van der Waals surface area contributed by atoms with Gasteiger partial charge in [-0.15, -0.1) is 0 Å². The highest BCUT2D eigenvalue weighted by Crippen LogP contribution is 2.35. The lowest BCUT2D eigenvalue weighted by Crippen LogP contribution is -2.38. The Kier molecular flexibility index (Phi) is 9.27. The van der Waals surface area contributed by atoms with E-state index in [4.69, 9.17) is 14.2 Å². The molecule has 0 saturated heterocycles. The van der Waals surface area contributed by atoms with Crippen LogP contribution in [0.2, 0.25) is 0 Å². The van der Waals surface area contributed by atoms with E-state index in [1.54, 1.807) is 14.0 Å². The first kappa shape index (κ1) is 24.9. The Hall–Kier alpha value is -3.33. The molecule has 0 fully saturated rings. The van der Waals surface area contributed by atoms with Crippen molar-refractivity contribution in [3.05, 3.63) is 57.6 Å². The Morgan fingerprint density at radius 3 is 2.38 bits per heavy atom. The lowest BCUT2D eigenvalue weighted by atomic mass is 10.0. The van der Waals surface area contributed by atoms with E-state index in [-0.39, 0.29) is 35.3 Å². The number of nitrogens with zero attached hydrogens (tertiary/aromatic N) is 2. The van der Waals surface area contributed by atoms with Crippen LogP contribution in [-0.2, 0) is 0 Å². The van der Waals surface area contributed by atoms with Crippen molar-refractivity contribution in [3.8, 4) is 17.2 Å². The summed E-state index contributed by atoms with van der Waals surface area (Å²) in [5.74, 6) is 0.643. The second-order valence-corrected chi connectivity index (χ2v) is 6.93. The fraction of sp³-hybridized carbons (Fsp3) is 0.435. The van der Waals surface area contributed by atoms with Gasteiger partial charge in [-0.3, -0.25) is 19.8 Å². The van der Waals surface area contributed by atoms with Crippen LogP contribution >= 0.6 is 0 Å². The first-order chi connectivity index (χ1) is 15.4. The van der Waals surface area contributed by atoms with Gasteiger partial charge in [0, 0.05) is 12.6 Å². The number of nitro groups is 1. The smallest absolute Gasteiger partial charge is 0.286 e. The molecule has 0 saturated carbocycles. The van der Waals surface area contributed by atoms with Crippen LogP contribution in [0.3, 0.4) is 0 Å². The number of carbonyl (C=O) groups excluding carboxylic acids is 1. The normalized spacial score (nSPS) is 11.7. The molecule has 2 aromatic carbocycles. The Morgan fingerprint density at radius 2 is 1.81 bits per heavy atom. The van der Waals surface area contributed by atoms with Crippen LogP contribution in [0.15, 0.2) is 36.4 Å². The molecule has 9 heteroatoms. The lowest BCUT2D eigenvalue weighted by molar-refractivity contribution is -0.385. The largest absolute Gasteiger partial charge is 0.497 e. The number of nitrogens with one attached hydrogen (secondary N) is 1. The molecule has 1 unspecified atom stereocenters. The van der Waals surface area contributed by atoms with Crippen LogP contribution in [0.1, 0.15) is 42.7 Å². The predicted molar refractivity (Wildman–Crippen MR) is 122 cm³/mol. The van der Waals surface area contributed by atoms with E-state index in [1.807, 2.05) is 38.1 Å². The van der Waals surface area contributed by atoms with Crippen LogP contribution in [0.5, 0.6) is 17.2 Å². The van der Waals surface area contributed by atoms with Crippen molar-refractivity contribution in [2.45, 2.75) is 26.8 Å². The maximum atomic E-state index is 13.0. The van der Waals surface area contributed by atoms with E-state index in [1.165, 1.54) is 19.2 Å². The molecule has 0 radical (unpaired) electrons. The van der Waals surface area contributed by atoms with Crippen molar-refractivity contribution >= 4 is 11.6 Å². The van der Waals surface area contributed by atoms with E-state index in [0.29, 0.717) is 6.61 Å². The molecule has 1 amide bonds. The minimum atomic E-state index is -0.600. The minimum Gasteiger partial charge on any atom is -0.497 e. The summed E-state index contributed by atoms with van der Waals surface area (Å²) in [5, 5.41) is 14.5. The van der Waals surface area contributed by atoms with E-state index < -0.39 is 10.8 Å². The van der Waals surface area contributed by atoms with E-state index in [2.05, 4.69) is 10.2 Å². The Bertz CT molecular complexity index is 930. The second-order valence-electron chi connectivity index (χ2n) is 6.93. The molecule has 1 atom stereocenters. The molecule has 2 rings (SSSR count). The average molecular weight is 446 g/mol. The topological polar surface area (TPSA) is 103 Å². The molecular weight excluding hydrogens is 414 g/mol. The van der Waals surface area contributed by atoms with Gasteiger partial charge in [0.1, 0.15) is 11.3 Å². The SMILES string of the molecule is CCOc1cc(C(=O)NCC(c2cccc(OC)c2)N(CC)CC)c([N+](=O)[O-])cc1OC. The number of ether oxygens (including phenoxy) is 3. The maximum Gasteiger partial charge on any atom is 0.286 e. The van der Waals surface area contributed by atoms with Crippen molar-refractivity contribution < 1.29 is 23.9 Å². The number of methoxy groups -OCH3 is 2. The van der Waals surface area contributed by atoms with Crippen molar-refractivity contribution in [1.82, 2.24) is 10.2 Å². The molecule has 0 aromatic heterocycles. The maximum absolute atomic E-state index is 13.0. The summed E-state index contributed by atoms with van der Waals surface area (Å²) in [4.78, 5) is 26.2.